The van der Waals surface area contributed by atoms with Gasteiger partial charge >= 0.3 is 0 Å². The Labute approximate surface area is 127 Å². The van der Waals surface area contributed by atoms with Crippen molar-refractivity contribution in [3.05, 3.63) is 21.9 Å². The summed E-state index contributed by atoms with van der Waals surface area (Å²) in [5.41, 5.74) is -0.0959. The van der Waals surface area contributed by atoms with Gasteiger partial charge in [-0.1, -0.05) is 13.8 Å². The minimum Gasteiger partial charge on any atom is -0.379 e. The quantitative estimate of drug-likeness (QED) is 0.666. The predicted molar refractivity (Wildman–Crippen MR) is 86.2 cm³/mol. The lowest BCUT2D eigenvalue weighted by molar-refractivity contribution is -0.0121. The van der Waals surface area contributed by atoms with Gasteiger partial charge < -0.3 is 14.8 Å². The molecule has 1 rings (SSSR count). The predicted octanol–water partition coefficient (Wildman–Crippen LogP) is 3.83. The fourth-order valence-electron chi connectivity index (χ4n) is 1.67. The van der Waals surface area contributed by atoms with Gasteiger partial charge in [-0.05, 0) is 44.9 Å². The van der Waals surface area contributed by atoms with Crippen molar-refractivity contribution in [2.75, 3.05) is 20.3 Å². The maximum atomic E-state index is 5.72. The first kappa shape index (κ1) is 17.6. The normalized spacial score (nSPS) is 12.3. The fourth-order valence-corrected chi connectivity index (χ4v) is 2.60. The molecule has 1 heterocycles. The lowest BCUT2D eigenvalue weighted by Gasteiger charge is -2.22. The van der Waals surface area contributed by atoms with Gasteiger partial charge in [-0.25, -0.2) is 0 Å². The Hall–Kier alpha value is -0.420. The molecule has 1 aromatic rings. The number of methoxy groups -OCH3 is 1. The summed E-state index contributed by atoms with van der Waals surface area (Å²) in [7, 11) is 1.75. The third-order valence-corrected chi connectivity index (χ3v) is 4.27. The van der Waals surface area contributed by atoms with Gasteiger partial charge in [0.25, 0.3) is 0 Å². The van der Waals surface area contributed by atoms with E-state index in [4.69, 9.17) is 9.47 Å². The number of rotatable bonds is 10. The second kappa shape index (κ2) is 8.78. The molecule has 0 saturated heterocycles. The van der Waals surface area contributed by atoms with Crippen LogP contribution < -0.4 is 5.32 Å². The van der Waals surface area contributed by atoms with Gasteiger partial charge in [-0.2, -0.15) is 0 Å². The molecular weight excluding hydrogens is 270 g/mol. The molecule has 4 heteroatoms. The zero-order valence-electron chi connectivity index (χ0n) is 13.5. The highest BCUT2D eigenvalue weighted by molar-refractivity contribution is 7.11. The summed E-state index contributed by atoms with van der Waals surface area (Å²) < 4.78 is 11.1. The van der Waals surface area contributed by atoms with Crippen LogP contribution in [0.3, 0.4) is 0 Å². The zero-order chi connectivity index (χ0) is 15.0. The average molecular weight is 299 g/mol. The average Bonchev–Trinajstić information content (AvgIpc) is 2.82. The van der Waals surface area contributed by atoms with E-state index in [0.717, 1.165) is 26.1 Å². The van der Waals surface area contributed by atoms with Crippen molar-refractivity contribution < 1.29 is 9.47 Å². The summed E-state index contributed by atoms with van der Waals surface area (Å²) in [4.78, 5) is 2.67. The third-order valence-electron chi connectivity index (χ3n) is 3.21. The minimum atomic E-state index is -0.0959. The molecule has 0 atom stereocenters. The summed E-state index contributed by atoms with van der Waals surface area (Å²) in [6.45, 7) is 12.1. The number of thiophene rings is 1. The van der Waals surface area contributed by atoms with E-state index in [1.807, 2.05) is 11.3 Å². The number of hydrogen-bond donors (Lipinski definition) is 1. The molecule has 0 bridgehead atoms. The molecule has 0 aliphatic rings. The first-order chi connectivity index (χ1) is 9.43. The van der Waals surface area contributed by atoms with Crippen molar-refractivity contribution in [3.63, 3.8) is 0 Å². The van der Waals surface area contributed by atoms with E-state index in [1.54, 1.807) is 7.11 Å². The van der Waals surface area contributed by atoms with Gasteiger partial charge in [0.2, 0.25) is 0 Å². The van der Waals surface area contributed by atoms with Crippen LogP contribution in [0.5, 0.6) is 0 Å². The van der Waals surface area contributed by atoms with Crippen molar-refractivity contribution in [1.82, 2.24) is 5.32 Å². The fraction of sp³-hybridized carbons (Fsp3) is 0.750. The summed E-state index contributed by atoms with van der Waals surface area (Å²) in [5.74, 6) is 0.696. The van der Waals surface area contributed by atoms with E-state index in [9.17, 15) is 0 Å². The van der Waals surface area contributed by atoms with Crippen LogP contribution >= 0.6 is 11.3 Å². The molecule has 20 heavy (non-hydrogen) atoms. The van der Waals surface area contributed by atoms with Gasteiger partial charge in [0.15, 0.2) is 0 Å². The number of ether oxygens (including phenoxy) is 2. The molecule has 1 N–H and O–H groups in total. The first-order valence-corrected chi connectivity index (χ1v) is 8.16. The molecule has 1 aromatic heterocycles. The van der Waals surface area contributed by atoms with Crippen LogP contribution in [0.4, 0.5) is 0 Å². The van der Waals surface area contributed by atoms with Crippen LogP contribution in [0.25, 0.3) is 0 Å². The Balaban J connectivity index is 2.20. The van der Waals surface area contributed by atoms with Crippen molar-refractivity contribution >= 4 is 11.3 Å². The van der Waals surface area contributed by atoms with E-state index < -0.39 is 0 Å². The van der Waals surface area contributed by atoms with E-state index in [1.165, 1.54) is 9.75 Å². The summed E-state index contributed by atoms with van der Waals surface area (Å²) >= 11 is 1.83. The highest BCUT2D eigenvalue weighted by atomic mass is 32.1. The highest BCUT2D eigenvalue weighted by Crippen LogP contribution is 2.18. The van der Waals surface area contributed by atoms with Gasteiger partial charge in [0, 0.05) is 30.0 Å². The molecular formula is C16H29NO2S. The Morgan fingerprint density at radius 3 is 2.60 bits per heavy atom. The van der Waals surface area contributed by atoms with Crippen molar-refractivity contribution in [2.24, 2.45) is 5.92 Å². The lowest BCUT2D eigenvalue weighted by Crippen LogP contribution is -2.24. The smallest absolute Gasteiger partial charge is 0.0809 e. The molecule has 3 nitrogen and oxygen atoms in total. The Bertz CT molecular complexity index is 374. The van der Waals surface area contributed by atoms with E-state index in [2.05, 4.69) is 45.1 Å². The maximum absolute atomic E-state index is 5.72. The monoisotopic (exact) mass is 299 g/mol. The van der Waals surface area contributed by atoms with E-state index >= 15 is 0 Å². The molecule has 0 saturated carbocycles. The van der Waals surface area contributed by atoms with Gasteiger partial charge in [0.1, 0.15) is 0 Å². The summed E-state index contributed by atoms with van der Waals surface area (Å²) in [6, 6.07) is 4.36. The molecule has 0 unspecified atom stereocenters. The third kappa shape index (κ3) is 7.39. The van der Waals surface area contributed by atoms with Crippen LogP contribution in [0.15, 0.2) is 12.1 Å². The van der Waals surface area contributed by atoms with Crippen LogP contribution in [0.2, 0.25) is 0 Å². The second-order valence-electron chi connectivity index (χ2n) is 6.16. The number of nitrogens with one attached hydrogen (secondary N) is 1. The Kier molecular flexibility index (Phi) is 7.74. The molecule has 0 aliphatic heterocycles. The van der Waals surface area contributed by atoms with E-state index in [0.29, 0.717) is 12.5 Å². The summed E-state index contributed by atoms with van der Waals surface area (Å²) in [6.07, 6.45) is 0.914. The zero-order valence-corrected chi connectivity index (χ0v) is 14.3. The van der Waals surface area contributed by atoms with Crippen molar-refractivity contribution in [1.29, 1.82) is 0 Å². The van der Waals surface area contributed by atoms with Crippen molar-refractivity contribution in [3.8, 4) is 0 Å². The largest absolute Gasteiger partial charge is 0.379 e. The second-order valence-corrected chi connectivity index (χ2v) is 7.41. The Morgan fingerprint density at radius 1 is 1.25 bits per heavy atom. The SMILES string of the molecule is COC(C)(C)CCOCc1ccc(CNCC(C)C)s1. The molecule has 0 aromatic carbocycles. The summed E-state index contributed by atoms with van der Waals surface area (Å²) in [5, 5.41) is 3.46. The minimum absolute atomic E-state index is 0.0959. The molecule has 116 valence electrons. The van der Waals surface area contributed by atoms with Crippen LogP contribution in [-0.4, -0.2) is 25.9 Å². The van der Waals surface area contributed by atoms with E-state index in [-0.39, 0.29) is 5.60 Å². The van der Waals surface area contributed by atoms with Crippen LogP contribution in [0.1, 0.15) is 43.9 Å². The topological polar surface area (TPSA) is 30.5 Å². The molecule has 0 spiro atoms. The standard InChI is InChI=1S/C16H29NO2S/c1-13(2)10-17-11-14-6-7-15(20-14)12-19-9-8-16(3,4)18-5/h6-7,13,17H,8-12H2,1-5H3. The number of hydrogen-bond acceptors (Lipinski definition) is 4. The van der Waals surface area contributed by atoms with Crippen LogP contribution in [-0.2, 0) is 22.6 Å². The van der Waals surface area contributed by atoms with Gasteiger partial charge in [-0.15, -0.1) is 11.3 Å². The molecule has 0 aliphatic carbocycles. The van der Waals surface area contributed by atoms with Gasteiger partial charge in [0.05, 0.1) is 12.2 Å². The first-order valence-electron chi connectivity index (χ1n) is 7.34. The van der Waals surface area contributed by atoms with Gasteiger partial charge in [-0.3, -0.25) is 0 Å². The highest BCUT2D eigenvalue weighted by Gasteiger charge is 2.15. The Morgan fingerprint density at radius 2 is 1.95 bits per heavy atom. The van der Waals surface area contributed by atoms with Crippen LogP contribution in [0, 0.1) is 5.92 Å². The molecule has 0 amide bonds. The molecule has 0 fully saturated rings. The maximum Gasteiger partial charge on any atom is 0.0809 e. The van der Waals surface area contributed by atoms with Crippen molar-refractivity contribution in [2.45, 2.75) is 52.9 Å². The lowest BCUT2D eigenvalue weighted by atomic mass is 10.1. The molecule has 0 radical (unpaired) electrons.